The third-order valence-corrected chi connectivity index (χ3v) is 4.15. The number of hydrogen-bond acceptors (Lipinski definition) is 5. The van der Waals surface area contributed by atoms with Crippen LogP contribution in [0.1, 0.15) is 29.5 Å². The van der Waals surface area contributed by atoms with E-state index in [1.807, 2.05) is 6.07 Å². The molecule has 118 valence electrons. The predicted molar refractivity (Wildman–Crippen MR) is 84.0 cm³/mol. The van der Waals surface area contributed by atoms with Crippen molar-refractivity contribution in [3.8, 4) is 11.8 Å². The molecular formula is C16H18N6O. The Hall–Kier alpha value is -2.72. The minimum Gasteiger partial charge on any atom is -0.349 e. The molecule has 2 N–H and O–H groups in total. The van der Waals surface area contributed by atoms with Gasteiger partial charge in [-0.1, -0.05) is 6.07 Å². The van der Waals surface area contributed by atoms with Gasteiger partial charge in [0.05, 0.1) is 17.3 Å². The summed E-state index contributed by atoms with van der Waals surface area (Å²) >= 11 is 0. The molecule has 1 aromatic heterocycles. The summed E-state index contributed by atoms with van der Waals surface area (Å²) in [5.74, 6) is 0.290. The summed E-state index contributed by atoms with van der Waals surface area (Å²) in [5.41, 5.74) is 1.23. The number of nitrogens with zero attached hydrogens (tertiary/aromatic N) is 4. The molecule has 0 saturated carbocycles. The zero-order valence-electron chi connectivity index (χ0n) is 12.9. The minimum atomic E-state index is -0.278. The van der Waals surface area contributed by atoms with Crippen LogP contribution in [0.2, 0.25) is 0 Å². The Labute approximate surface area is 134 Å². The molecule has 23 heavy (non-hydrogen) atoms. The number of hydrogen-bond donors (Lipinski definition) is 2. The number of aromatic nitrogens is 3. The van der Waals surface area contributed by atoms with Gasteiger partial charge in [0.2, 0.25) is 5.82 Å². The van der Waals surface area contributed by atoms with Crippen LogP contribution in [0.5, 0.6) is 0 Å². The Kier molecular flexibility index (Phi) is 4.35. The standard InChI is InChI=1S/C16H18N6O/c1-11-13(5-6-18-11)9-19-16(23)15-20-10-22(21-15)14-4-2-3-12(7-14)8-17/h2-4,7,10-11,13,18H,5-6,9H2,1H3,(H,19,23)/t11-,13-/m1/s1. The van der Waals surface area contributed by atoms with Crippen LogP contribution < -0.4 is 10.6 Å². The fraction of sp³-hybridized carbons (Fsp3) is 0.375. The summed E-state index contributed by atoms with van der Waals surface area (Å²) in [6.07, 6.45) is 2.54. The molecule has 7 nitrogen and oxygen atoms in total. The molecule has 7 heteroatoms. The van der Waals surface area contributed by atoms with Crippen molar-refractivity contribution in [2.75, 3.05) is 13.1 Å². The van der Waals surface area contributed by atoms with Crippen molar-refractivity contribution >= 4 is 5.91 Å². The monoisotopic (exact) mass is 310 g/mol. The Morgan fingerprint density at radius 1 is 1.57 bits per heavy atom. The van der Waals surface area contributed by atoms with Gasteiger partial charge in [-0.3, -0.25) is 4.79 Å². The van der Waals surface area contributed by atoms with Crippen LogP contribution in [0.4, 0.5) is 0 Å². The maximum absolute atomic E-state index is 12.2. The maximum Gasteiger partial charge on any atom is 0.290 e. The zero-order valence-corrected chi connectivity index (χ0v) is 12.9. The van der Waals surface area contributed by atoms with Crippen LogP contribution in [0, 0.1) is 17.2 Å². The Balaban J connectivity index is 1.66. The number of nitrogens with one attached hydrogen (secondary N) is 2. The highest BCUT2D eigenvalue weighted by Gasteiger charge is 2.23. The molecule has 1 amide bonds. The van der Waals surface area contributed by atoms with Gasteiger partial charge in [0.25, 0.3) is 5.91 Å². The van der Waals surface area contributed by atoms with Crippen LogP contribution in [0.25, 0.3) is 5.69 Å². The molecule has 2 atom stereocenters. The lowest BCUT2D eigenvalue weighted by molar-refractivity contribution is 0.0936. The molecular weight excluding hydrogens is 292 g/mol. The summed E-state index contributed by atoms with van der Waals surface area (Å²) < 4.78 is 1.50. The van der Waals surface area contributed by atoms with E-state index in [0.29, 0.717) is 29.8 Å². The van der Waals surface area contributed by atoms with Gasteiger partial charge in [-0.15, -0.1) is 5.10 Å². The molecule has 0 aliphatic carbocycles. The van der Waals surface area contributed by atoms with Gasteiger partial charge < -0.3 is 10.6 Å². The molecule has 0 unspecified atom stereocenters. The average Bonchev–Trinajstić information content (AvgIpc) is 3.22. The summed E-state index contributed by atoms with van der Waals surface area (Å²) in [5, 5.41) is 19.4. The maximum atomic E-state index is 12.2. The van der Waals surface area contributed by atoms with Gasteiger partial charge in [0.1, 0.15) is 6.33 Å². The number of carbonyl (C=O) groups is 1. The van der Waals surface area contributed by atoms with Gasteiger partial charge in [0, 0.05) is 12.6 Å². The molecule has 2 aromatic rings. The molecule has 1 aromatic carbocycles. The van der Waals surface area contributed by atoms with E-state index in [1.165, 1.54) is 11.0 Å². The van der Waals surface area contributed by atoms with Crippen molar-refractivity contribution in [3.05, 3.63) is 42.0 Å². The second-order valence-corrected chi connectivity index (χ2v) is 5.68. The van der Waals surface area contributed by atoms with Crippen molar-refractivity contribution in [1.82, 2.24) is 25.4 Å². The van der Waals surface area contributed by atoms with Crippen molar-refractivity contribution < 1.29 is 4.79 Å². The van der Waals surface area contributed by atoms with Gasteiger partial charge in [-0.05, 0) is 44.0 Å². The second-order valence-electron chi connectivity index (χ2n) is 5.68. The fourth-order valence-electron chi connectivity index (χ4n) is 2.70. The summed E-state index contributed by atoms with van der Waals surface area (Å²) in [6, 6.07) is 9.47. The Morgan fingerprint density at radius 2 is 2.43 bits per heavy atom. The van der Waals surface area contributed by atoms with E-state index in [0.717, 1.165) is 13.0 Å². The molecule has 1 aliphatic heterocycles. The SMILES string of the molecule is C[C@H]1NCC[C@@H]1CNC(=O)c1ncn(-c2cccc(C#N)c2)n1. The third-order valence-electron chi connectivity index (χ3n) is 4.15. The Bertz CT molecular complexity index is 747. The first-order valence-corrected chi connectivity index (χ1v) is 7.61. The largest absolute Gasteiger partial charge is 0.349 e. The van der Waals surface area contributed by atoms with Crippen molar-refractivity contribution in [2.45, 2.75) is 19.4 Å². The Morgan fingerprint density at radius 3 is 3.17 bits per heavy atom. The average molecular weight is 310 g/mol. The predicted octanol–water partition coefficient (Wildman–Crippen LogP) is 0.867. The smallest absolute Gasteiger partial charge is 0.290 e. The first-order valence-electron chi connectivity index (χ1n) is 7.61. The minimum absolute atomic E-state index is 0.131. The molecule has 1 fully saturated rings. The summed E-state index contributed by atoms with van der Waals surface area (Å²) in [4.78, 5) is 16.2. The quantitative estimate of drug-likeness (QED) is 0.873. The normalized spacial score (nSPS) is 20.2. The first-order chi connectivity index (χ1) is 11.2. The molecule has 2 heterocycles. The second kappa shape index (κ2) is 6.58. The molecule has 3 rings (SSSR count). The van der Waals surface area contributed by atoms with Gasteiger partial charge in [0.15, 0.2) is 0 Å². The summed E-state index contributed by atoms with van der Waals surface area (Å²) in [7, 11) is 0. The highest BCUT2D eigenvalue weighted by atomic mass is 16.2. The van der Waals surface area contributed by atoms with Crippen LogP contribution >= 0.6 is 0 Å². The number of benzene rings is 1. The zero-order chi connectivity index (χ0) is 16.2. The van der Waals surface area contributed by atoms with Gasteiger partial charge in [-0.25, -0.2) is 9.67 Å². The van der Waals surface area contributed by atoms with Crippen LogP contribution in [-0.4, -0.2) is 39.8 Å². The molecule has 0 bridgehead atoms. The summed E-state index contributed by atoms with van der Waals surface area (Å²) in [6.45, 7) is 3.73. The van der Waals surface area contributed by atoms with E-state index in [-0.39, 0.29) is 11.7 Å². The van der Waals surface area contributed by atoms with E-state index in [1.54, 1.807) is 18.2 Å². The van der Waals surface area contributed by atoms with Gasteiger partial charge in [-0.2, -0.15) is 5.26 Å². The van der Waals surface area contributed by atoms with Crippen molar-refractivity contribution in [2.24, 2.45) is 5.92 Å². The van der Waals surface area contributed by atoms with E-state index in [2.05, 4.69) is 33.7 Å². The molecule has 1 saturated heterocycles. The van der Waals surface area contributed by atoms with Crippen LogP contribution in [-0.2, 0) is 0 Å². The fourth-order valence-corrected chi connectivity index (χ4v) is 2.70. The van der Waals surface area contributed by atoms with Crippen molar-refractivity contribution in [3.63, 3.8) is 0 Å². The van der Waals surface area contributed by atoms with Crippen LogP contribution in [0.15, 0.2) is 30.6 Å². The molecule has 1 aliphatic rings. The van der Waals surface area contributed by atoms with E-state index < -0.39 is 0 Å². The first kappa shape index (κ1) is 15.2. The molecule has 0 radical (unpaired) electrons. The lowest BCUT2D eigenvalue weighted by atomic mass is 10.0. The van der Waals surface area contributed by atoms with Gasteiger partial charge >= 0.3 is 0 Å². The number of nitriles is 1. The van der Waals surface area contributed by atoms with E-state index in [4.69, 9.17) is 5.26 Å². The lowest BCUT2D eigenvalue weighted by Gasteiger charge is -2.14. The number of rotatable bonds is 4. The van der Waals surface area contributed by atoms with Crippen LogP contribution in [0.3, 0.4) is 0 Å². The topological polar surface area (TPSA) is 95.6 Å². The lowest BCUT2D eigenvalue weighted by Crippen LogP contribution is -2.34. The highest BCUT2D eigenvalue weighted by Crippen LogP contribution is 2.14. The molecule has 0 spiro atoms. The van der Waals surface area contributed by atoms with E-state index >= 15 is 0 Å². The van der Waals surface area contributed by atoms with Crippen molar-refractivity contribution in [1.29, 1.82) is 5.26 Å². The van der Waals surface area contributed by atoms with E-state index in [9.17, 15) is 4.79 Å². The number of amides is 1. The highest BCUT2D eigenvalue weighted by molar-refractivity contribution is 5.90. The third kappa shape index (κ3) is 3.38. The number of carbonyl (C=O) groups excluding carboxylic acids is 1.